The SMILES string of the molecule is FC(F)(F)c1ccnc(-c2ccc(/C=N\OCc3ccccc3Cl)cc2)c1. The zero-order valence-corrected chi connectivity index (χ0v) is 14.7. The van der Waals surface area contributed by atoms with E-state index in [4.69, 9.17) is 16.4 Å². The van der Waals surface area contributed by atoms with Gasteiger partial charge in [0, 0.05) is 22.3 Å². The highest BCUT2D eigenvalue weighted by Gasteiger charge is 2.30. The molecule has 3 aromatic rings. The molecule has 0 spiro atoms. The maximum absolute atomic E-state index is 12.8. The van der Waals surface area contributed by atoms with Crippen LogP contribution in [0.25, 0.3) is 11.3 Å². The van der Waals surface area contributed by atoms with E-state index in [1.807, 2.05) is 18.2 Å². The van der Waals surface area contributed by atoms with Crippen LogP contribution in [0, 0.1) is 0 Å². The summed E-state index contributed by atoms with van der Waals surface area (Å²) in [6.07, 6.45) is -1.74. The Kier molecular flexibility index (Phi) is 5.76. The quantitative estimate of drug-likeness (QED) is 0.397. The minimum absolute atomic E-state index is 0.239. The van der Waals surface area contributed by atoms with Gasteiger partial charge in [-0.25, -0.2) is 0 Å². The van der Waals surface area contributed by atoms with Crippen molar-refractivity contribution in [1.82, 2.24) is 4.98 Å². The molecule has 1 aromatic heterocycles. The Morgan fingerprint density at radius 3 is 2.48 bits per heavy atom. The summed E-state index contributed by atoms with van der Waals surface area (Å²) >= 11 is 6.03. The summed E-state index contributed by atoms with van der Waals surface area (Å²) in [4.78, 5) is 9.22. The summed E-state index contributed by atoms with van der Waals surface area (Å²) in [5.74, 6) is 0. The molecule has 0 aliphatic heterocycles. The van der Waals surface area contributed by atoms with E-state index in [0.717, 1.165) is 29.5 Å². The van der Waals surface area contributed by atoms with Crippen molar-refractivity contribution in [2.45, 2.75) is 12.8 Å². The number of benzene rings is 2. The van der Waals surface area contributed by atoms with Gasteiger partial charge in [0.05, 0.1) is 17.5 Å². The molecule has 0 aliphatic carbocycles. The highest BCUT2D eigenvalue weighted by atomic mass is 35.5. The van der Waals surface area contributed by atoms with Gasteiger partial charge in [-0.3, -0.25) is 4.98 Å². The number of hydrogen-bond donors (Lipinski definition) is 0. The fourth-order valence-corrected chi connectivity index (χ4v) is 2.52. The van der Waals surface area contributed by atoms with Crippen LogP contribution in [0.1, 0.15) is 16.7 Å². The van der Waals surface area contributed by atoms with Gasteiger partial charge in [0.2, 0.25) is 0 Å². The molecule has 0 unspecified atom stereocenters. The lowest BCUT2D eigenvalue weighted by molar-refractivity contribution is -0.137. The predicted molar refractivity (Wildman–Crippen MR) is 98.5 cm³/mol. The molecule has 3 nitrogen and oxygen atoms in total. The van der Waals surface area contributed by atoms with Crippen LogP contribution >= 0.6 is 11.6 Å². The maximum Gasteiger partial charge on any atom is 0.416 e. The minimum Gasteiger partial charge on any atom is -0.391 e. The zero-order chi connectivity index (χ0) is 19.3. The molecule has 7 heteroatoms. The van der Waals surface area contributed by atoms with Crippen LogP contribution < -0.4 is 0 Å². The molecule has 3 rings (SSSR count). The monoisotopic (exact) mass is 390 g/mol. The van der Waals surface area contributed by atoms with Crippen molar-refractivity contribution in [3.63, 3.8) is 0 Å². The first-order valence-corrected chi connectivity index (χ1v) is 8.34. The predicted octanol–water partition coefficient (Wildman–Crippen LogP) is 5.97. The lowest BCUT2D eigenvalue weighted by Crippen LogP contribution is -2.05. The maximum atomic E-state index is 12.8. The highest BCUT2D eigenvalue weighted by molar-refractivity contribution is 6.31. The van der Waals surface area contributed by atoms with Crippen LogP contribution in [0.4, 0.5) is 13.2 Å². The largest absolute Gasteiger partial charge is 0.416 e. The first-order valence-electron chi connectivity index (χ1n) is 7.96. The van der Waals surface area contributed by atoms with Gasteiger partial charge in [0.25, 0.3) is 0 Å². The van der Waals surface area contributed by atoms with Gasteiger partial charge in [-0.2, -0.15) is 13.2 Å². The van der Waals surface area contributed by atoms with Gasteiger partial charge in [-0.1, -0.05) is 59.2 Å². The lowest BCUT2D eigenvalue weighted by Gasteiger charge is -2.08. The third-order valence-corrected chi connectivity index (χ3v) is 4.12. The Labute approximate surface area is 159 Å². The van der Waals surface area contributed by atoms with Crippen molar-refractivity contribution in [1.29, 1.82) is 0 Å². The number of oxime groups is 1. The molecule has 2 aromatic carbocycles. The Balaban J connectivity index is 1.64. The van der Waals surface area contributed by atoms with Crippen molar-refractivity contribution in [2.24, 2.45) is 5.16 Å². The van der Waals surface area contributed by atoms with Gasteiger partial charge in [-0.15, -0.1) is 0 Å². The molecule has 138 valence electrons. The molecule has 27 heavy (non-hydrogen) atoms. The number of pyridine rings is 1. The number of nitrogens with zero attached hydrogens (tertiary/aromatic N) is 2. The summed E-state index contributed by atoms with van der Waals surface area (Å²) < 4.78 is 38.4. The molecule has 0 saturated carbocycles. The van der Waals surface area contributed by atoms with E-state index in [0.29, 0.717) is 10.6 Å². The van der Waals surface area contributed by atoms with Crippen LogP contribution in [0.15, 0.2) is 72.0 Å². The van der Waals surface area contributed by atoms with Crippen molar-refractivity contribution in [2.75, 3.05) is 0 Å². The average Bonchev–Trinajstić information content (AvgIpc) is 2.66. The van der Waals surface area contributed by atoms with Gasteiger partial charge in [0.1, 0.15) is 6.61 Å². The molecule has 0 aliphatic rings. The van der Waals surface area contributed by atoms with Gasteiger partial charge < -0.3 is 4.84 Å². The number of hydrogen-bond acceptors (Lipinski definition) is 3. The Morgan fingerprint density at radius 1 is 1.04 bits per heavy atom. The summed E-state index contributed by atoms with van der Waals surface area (Å²) in [5.41, 5.74) is 1.66. The molecule has 0 radical (unpaired) electrons. The van der Waals surface area contributed by atoms with E-state index in [1.54, 1.807) is 30.3 Å². The van der Waals surface area contributed by atoms with Crippen molar-refractivity contribution in [3.05, 3.63) is 88.6 Å². The fraction of sp³-hybridized carbons (Fsp3) is 0.100. The van der Waals surface area contributed by atoms with Gasteiger partial charge >= 0.3 is 6.18 Å². The summed E-state index contributed by atoms with van der Waals surface area (Å²) in [5, 5.41) is 4.48. The molecule has 0 bridgehead atoms. The average molecular weight is 391 g/mol. The topological polar surface area (TPSA) is 34.5 Å². The van der Waals surface area contributed by atoms with Crippen LogP contribution in [0.2, 0.25) is 5.02 Å². The van der Waals surface area contributed by atoms with E-state index in [1.165, 1.54) is 6.21 Å². The molecule has 0 saturated heterocycles. The van der Waals surface area contributed by atoms with Crippen LogP contribution in [0.5, 0.6) is 0 Å². The highest BCUT2D eigenvalue weighted by Crippen LogP contribution is 2.31. The summed E-state index contributed by atoms with van der Waals surface area (Å²) in [6, 6.07) is 16.1. The van der Waals surface area contributed by atoms with E-state index in [9.17, 15) is 13.2 Å². The molecule has 0 fully saturated rings. The fourth-order valence-electron chi connectivity index (χ4n) is 2.33. The van der Waals surface area contributed by atoms with Crippen LogP contribution in [-0.2, 0) is 17.6 Å². The van der Waals surface area contributed by atoms with E-state index < -0.39 is 11.7 Å². The molecule has 0 atom stereocenters. The summed E-state index contributed by atoms with van der Waals surface area (Å²) in [6.45, 7) is 0.239. The van der Waals surface area contributed by atoms with Crippen molar-refractivity contribution >= 4 is 17.8 Å². The number of rotatable bonds is 5. The molecular formula is C20H14ClF3N2O. The van der Waals surface area contributed by atoms with Gasteiger partial charge in [-0.05, 0) is 23.8 Å². The van der Waals surface area contributed by atoms with E-state index >= 15 is 0 Å². The first kappa shape index (κ1) is 18.9. The number of halogens is 4. The van der Waals surface area contributed by atoms with E-state index in [-0.39, 0.29) is 12.3 Å². The zero-order valence-electron chi connectivity index (χ0n) is 13.9. The second-order valence-electron chi connectivity index (χ2n) is 5.65. The number of aromatic nitrogens is 1. The smallest absolute Gasteiger partial charge is 0.391 e. The van der Waals surface area contributed by atoms with Gasteiger partial charge in [0.15, 0.2) is 0 Å². The molecular weight excluding hydrogens is 377 g/mol. The van der Waals surface area contributed by atoms with Crippen LogP contribution in [0.3, 0.4) is 0 Å². The molecule has 1 heterocycles. The second kappa shape index (κ2) is 8.22. The second-order valence-corrected chi connectivity index (χ2v) is 6.06. The van der Waals surface area contributed by atoms with E-state index in [2.05, 4.69) is 10.1 Å². The minimum atomic E-state index is -4.40. The Hall–Kier alpha value is -2.86. The third-order valence-electron chi connectivity index (χ3n) is 3.75. The standard InChI is InChI=1S/C20H14ClF3N2O/c21-18-4-2-1-3-16(18)13-27-26-12-14-5-7-15(8-6-14)19-11-17(9-10-25-19)20(22,23)24/h1-12H,13H2/b26-12-. The summed E-state index contributed by atoms with van der Waals surface area (Å²) in [7, 11) is 0. The van der Waals surface area contributed by atoms with Crippen molar-refractivity contribution in [3.8, 4) is 11.3 Å². The third kappa shape index (κ3) is 5.08. The number of alkyl halides is 3. The molecule has 0 amide bonds. The molecule has 0 N–H and O–H groups in total. The Morgan fingerprint density at radius 2 is 1.78 bits per heavy atom. The first-order chi connectivity index (χ1) is 12.9. The van der Waals surface area contributed by atoms with Crippen LogP contribution in [-0.4, -0.2) is 11.2 Å². The normalized spacial score (nSPS) is 11.7. The Bertz CT molecular complexity index is 940. The lowest BCUT2D eigenvalue weighted by atomic mass is 10.1. The van der Waals surface area contributed by atoms with Crippen molar-refractivity contribution < 1.29 is 18.0 Å².